The molecule has 0 saturated carbocycles. The summed E-state index contributed by atoms with van der Waals surface area (Å²) in [6, 6.07) is 10.6. The molecule has 1 atom stereocenters. The van der Waals surface area contributed by atoms with Crippen LogP contribution in [0.2, 0.25) is 0 Å². The zero-order valence-corrected chi connectivity index (χ0v) is 11.5. The Morgan fingerprint density at radius 2 is 2.11 bits per heavy atom. The molecular weight excluding hydrogens is 224 g/mol. The molecule has 1 unspecified atom stereocenters. The van der Waals surface area contributed by atoms with E-state index in [0.717, 1.165) is 39.3 Å². The van der Waals surface area contributed by atoms with Crippen molar-refractivity contribution in [3.05, 3.63) is 35.9 Å². The van der Waals surface area contributed by atoms with Crippen molar-refractivity contribution in [2.45, 2.75) is 13.0 Å². The zero-order valence-electron chi connectivity index (χ0n) is 11.5. The van der Waals surface area contributed by atoms with E-state index in [1.807, 2.05) is 7.05 Å². The Morgan fingerprint density at radius 1 is 1.33 bits per heavy atom. The highest BCUT2D eigenvalue weighted by molar-refractivity contribution is 5.14. The van der Waals surface area contributed by atoms with Crippen molar-refractivity contribution < 1.29 is 4.74 Å². The van der Waals surface area contributed by atoms with Gasteiger partial charge in [-0.1, -0.05) is 30.3 Å². The first-order valence-corrected chi connectivity index (χ1v) is 6.69. The van der Waals surface area contributed by atoms with Gasteiger partial charge < -0.3 is 15.0 Å². The monoisotopic (exact) mass is 248 g/mol. The third-order valence-corrected chi connectivity index (χ3v) is 3.64. The van der Waals surface area contributed by atoms with Crippen LogP contribution in [0.15, 0.2) is 30.3 Å². The van der Waals surface area contributed by atoms with Gasteiger partial charge in [-0.05, 0) is 26.1 Å². The van der Waals surface area contributed by atoms with E-state index in [-0.39, 0.29) is 5.41 Å². The number of rotatable bonds is 6. The van der Waals surface area contributed by atoms with Crippen LogP contribution in [0.5, 0.6) is 0 Å². The highest BCUT2D eigenvalue weighted by Gasteiger charge is 2.35. The molecule has 1 heterocycles. The average molecular weight is 248 g/mol. The second-order valence-corrected chi connectivity index (χ2v) is 5.49. The van der Waals surface area contributed by atoms with Crippen LogP contribution in [0.4, 0.5) is 0 Å². The maximum Gasteiger partial charge on any atom is 0.0547 e. The zero-order chi connectivity index (χ0) is 12.8. The predicted octanol–water partition coefficient (Wildman–Crippen LogP) is 1.74. The summed E-state index contributed by atoms with van der Waals surface area (Å²) in [4.78, 5) is 2.40. The molecule has 3 nitrogen and oxygen atoms in total. The molecule has 1 aliphatic rings. The SMILES string of the molecule is CNCC1(CN(C)Cc2ccccc2)CCOC1. The lowest BCUT2D eigenvalue weighted by molar-refractivity contribution is 0.118. The Bertz CT molecular complexity index is 347. The van der Waals surface area contributed by atoms with Crippen molar-refractivity contribution >= 4 is 0 Å². The summed E-state index contributed by atoms with van der Waals surface area (Å²) in [6.45, 7) is 4.91. The van der Waals surface area contributed by atoms with Gasteiger partial charge in [-0.3, -0.25) is 0 Å². The van der Waals surface area contributed by atoms with Crippen LogP contribution in [-0.4, -0.2) is 45.3 Å². The van der Waals surface area contributed by atoms with Crippen LogP contribution in [0.25, 0.3) is 0 Å². The minimum Gasteiger partial charge on any atom is -0.381 e. The first-order valence-electron chi connectivity index (χ1n) is 6.69. The average Bonchev–Trinajstić information content (AvgIpc) is 2.79. The van der Waals surface area contributed by atoms with Gasteiger partial charge in [0.05, 0.1) is 6.61 Å². The van der Waals surface area contributed by atoms with Crippen molar-refractivity contribution in [1.82, 2.24) is 10.2 Å². The van der Waals surface area contributed by atoms with E-state index in [2.05, 4.69) is 47.6 Å². The van der Waals surface area contributed by atoms with Gasteiger partial charge in [0.15, 0.2) is 0 Å². The number of hydrogen-bond acceptors (Lipinski definition) is 3. The lowest BCUT2D eigenvalue weighted by atomic mass is 9.86. The maximum atomic E-state index is 5.60. The normalized spacial score (nSPS) is 23.7. The molecule has 18 heavy (non-hydrogen) atoms. The molecular formula is C15H24N2O. The molecule has 1 N–H and O–H groups in total. The summed E-state index contributed by atoms with van der Waals surface area (Å²) in [6.07, 6.45) is 1.16. The van der Waals surface area contributed by atoms with E-state index in [1.165, 1.54) is 5.56 Å². The molecule has 0 aliphatic carbocycles. The Balaban J connectivity index is 1.91. The van der Waals surface area contributed by atoms with Crippen molar-refractivity contribution in [2.75, 3.05) is 40.4 Å². The first-order chi connectivity index (χ1) is 8.74. The summed E-state index contributed by atoms with van der Waals surface area (Å²) in [7, 11) is 4.22. The number of nitrogens with zero attached hydrogens (tertiary/aromatic N) is 1. The van der Waals surface area contributed by atoms with Gasteiger partial charge in [0.2, 0.25) is 0 Å². The predicted molar refractivity (Wildman–Crippen MR) is 74.6 cm³/mol. The molecule has 1 saturated heterocycles. The number of nitrogens with one attached hydrogen (secondary N) is 1. The Hall–Kier alpha value is -0.900. The molecule has 0 aromatic heterocycles. The standard InChI is InChI=1S/C15H24N2O/c1-16-11-15(8-9-18-13-15)12-17(2)10-14-6-4-3-5-7-14/h3-7,16H,8-13H2,1-2H3. The molecule has 2 rings (SSSR count). The van der Waals surface area contributed by atoms with Crippen LogP contribution >= 0.6 is 0 Å². The van der Waals surface area contributed by atoms with E-state index in [9.17, 15) is 0 Å². The molecule has 100 valence electrons. The summed E-state index contributed by atoms with van der Waals surface area (Å²) in [5.41, 5.74) is 1.66. The molecule has 3 heteroatoms. The van der Waals surface area contributed by atoms with Crippen molar-refractivity contribution in [3.63, 3.8) is 0 Å². The van der Waals surface area contributed by atoms with Gasteiger partial charge in [0.1, 0.15) is 0 Å². The molecule has 0 bridgehead atoms. The van der Waals surface area contributed by atoms with Crippen LogP contribution < -0.4 is 5.32 Å². The minimum absolute atomic E-state index is 0.290. The van der Waals surface area contributed by atoms with Gasteiger partial charge in [0, 0.05) is 31.7 Å². The summed E-state index contributed by atoms with van der Waals surface area (Å²) in [5, 5.41) is 3.31. The van der Waals surface area contributed by atoms with E-state index in [4.69, 9.17) is 4.74 Å². The topological polar surface area (TPSA) is 24.5 Å². The van der Waals surface area contributed by atoms with Crippen LogP contribution in [0, 0.1) is 5.41 Å². The van der Waals surface area contributed by atoms with E-state index >= 15 is 0 Å². The quantitative estimate of drug-likeness (QED) is 0.830. The molecule has 0 amide bonds. The third-order valence-electron chi connectivity index (χ3n) is 3.64. The first kappa shape index (κ1) is 13.5. The van der Waals surface area contributed by atoms with Crippen LogP contribution in [-0.2, 0) is 11.3 Å². The van der Waals surface area contributed by atoms with Gasteiger partial charge in [-0.2, -0.15) is 0 Å². The lowest BCUT2D eigenvalue weighted by Crippen LogP contribution is -2.42. The largest absolute Gasteiger partial charge is 0.381 e. The Kier molecular flexibility index (Phi) is 4.75. The van der Waals surface area contributed by atoms with E-state index in [0.29, 0.717) is 0 Å². The molecule has 1 aliphatic heterocycles. The Labute approximate surface area is 110 Å². The third kappa shape index (κ3) is 3.55. The van der Waals surface area contributed by atoms with Gasteiger partial charge in [0.25, 0.3) is 0 Å². The maximum absolute atomic E-state index is 5.60. The van der Waals surface area contributed by atoms with Crippen molar-refractivity contribution in [2.24, 2.45) is 5.41 Å². The fourth-order valence-electron chi connectivity index (χ4n) is 2.87. The van der Waals surface area contributed by atoms with Crippen molar-refractivity contribution in [3.8, 4) is 0 Å². The molecule has 1 aromatic carbocycles. The fraction of sp³-hybridized carbons (Fsp3) is 0.600. The molecule has 0 spiro atoms. The molecule has 1 aromatic rings. The highest BCUT2D eigenvalue weighted by Crippen LogP contribution is 2.29. The molecule has 1 fully saturated rings. The molecule has 0 radical (unpaired) electrons. The van der Waals surface area contributed by atoms with Gasteiger partial charge in [-0.25, -0.2) is 0 Å². The smallest absolute Gasteiger partial charge is 0.0547 e. The summed E-state index contributed by atoms with van der Waals surface area (Å²) >= 11 is 0. The fourth-order valence-corrected chi connectivity index (χ4v) is 2.87. The highest BCUT2D eigenvalue weighted by atomic mass is 16.5. The van der Waals surface area contributed by atoms with Crippen LogP contribution in [0.3, 0.4) is 0 Å². The second-order valence-electron chi connectivity index (χ2n) is 5.49. The Morgan fingerprint density at radius 3 is 2.72 bits per heavy atom. The lowest BCUT2D eigenvalue weighted by Gasteiger charge is -2.32. The van der Waals surface area contributed by atoms with Crippen LogP contribution in [0.1, 0.15) is 12.0 Å². The van der Waals surface area contributed by atoms with Gasteiger partial charge in [-0.15, -0.1) is 0 Å². The minimum atomic E-state index is 0.290. The van der Waals surface area contributed by atoms with E-state index in [1.54, 1.807) is 0 Å². The van der Waals surface area contributed by atoms with Crippen molar-refractivity contribution in [1.29, 1.82) is 0 Å². The number of benzene rings is 1. The van der Waals surface area contributed by atoms with E-state index < -0.39 is 0 Å². The van der Waals surface area contributed by atoms with Gasteiger partial charge >= 0.3 is 0 Å². The second kappa shape index (κ2) is 6.32. The number of ether oxygens (including phenoxy) is 1. The summed E-state index contributed by atoms with van der Waals surface area (Å²) < 4.78 is 5.60. The number of hydrogen-bond donors (Lipinski definition) is 1. The summed E-state index contributed by atoms with van der Waals surface area (Å²) in [5.74, 6) is 0.